The van der Waals surface area contributed by atoms with Crippen molar-refractivity contribution in [1.82, 2.24) is 0 Å². The molecule has 4 nitrogen and oxygen atoms in total. The van der Waals surface area contributed by atoms with Crippen molar-refractivity contribution in [2.45, 2.75) is 38.6 Å². The Bertz CT molecular complexity index is 498. The Hall–Kier alpha value is -1.55. The van der Waals surface area contributed by atoms with Gasteiger partial charge in [0.1, 0.15) is 5.75 Å². The lowest BCUT2D eigenvalue weighted by molar-refractivity contribution is -0.144. The Kier molecular flexibility index (Phi) is 4.33. The summed E-state index contributed by atoms with van der Waals surface area (Å²) < 4.78 is 10.1. The molecule has 0 spiro atoms. The summed E-state index contributed by atoms with van der Waals surface area (Å²) in [7, 11) is 3.09. The first-order chi connectivity index (χ1) is 9.50. The average molecular weight is 277 g/mol. The molecule has 0 heterocycles. The van der Waals surface area contributed by atoms with Crippen LogP contribution in [-0.2, 0) is 22.4 Å². The van der Waals surface area contributed by atoms with E-state index in [2.05, 4.69) is 12.1 Å². The zero-order valence-electron chi connectivity index (χ0n) is 12.4. The van der Waals surface area contributed by atoms with Gasteiger partial charge in [-0.1, -0.05) is 6.07 Å². The van der Waals surface area contributed by atoms with Gasteiger partial charge in [-0.15, -0.1) is 0 Å². The van der Waals surface area contributed by atoms with E-state index in [4.69, 9.17) is 15.2 Å². The molecule has 110 valence electrons. The van der Waals surface area contributed by atoms with Crippen LogP contribution in [0.3, 0.4) is 0 Å². The average Bonchev–Trinajstić information content (AvgIpc) is 2.46. The standard InChI is InChI=1S/C16H23NO3/c1-11(17)16(10-15(18)20-3)7-6-12-4-5-14(19-2)8-13(12)9-16/h4-5,8,11H,6-7,9-10,17H2,1-3H3. The first-order valence-corrected chi connectivity index (χ1v) is 6.99. The Morgan fingerprint density at radius 1 is 1.40 bits per heavy atom. The van der Waals surface area contributed by atoms with Gasteiger partial charge in [0.15, 0.2) is 0 Å². The highest BCUT2D eigenvalue weighted by Gasteiger charge is 2.40. The molecule has 0 bridgehead atoms. The number of benzene rings is 1. The number of carbonyl (C=O) groups excluding carboxylic acids is 1. The van der Waals surface area contributed by atoms with Gasteiger partial charge in [0.2, 0.25) is 0 Å². The molecule has 1 aromatic rings. The van der Waals surface area contributed by atoms with E-state index in [1.54, 1.807) is 7.11 Å². The number of fused-ring (bicyclic) bond motifs is 1. The smallest absolute Gasteiger partial charge is 0.306 e. The molecular formula is C16H23NO3. The van der Waals surface area contributed by atoms with Crippen molar-refractivity contribution in [3.63, 3.8) is 0 Å². The van der Waals surface area contributed by atoms with E-state index in [0.29, 0.717) is 6.42 Å². The molecule has 0 saturated heterocycles. The second-order valence-corrected chi connectivity index (χ2v) is 5.72. The van der Waals surface area contributed by atoms with Gasteiger partial charge in [0.05, 0.1) is 20.6 Å². The first-order valence-electron chi connectivity index (χ1n) is 6.99. The minimum atomic E-state index is -0.216. The maximum atomic E-state index is 11.7. The van der Waals surface area contributed by atoms with Crippen molar-refractivity contribution < 1.29 is 14.3 Å². The molecule has 1 aromatic carbocycles. The monoisotopic (exact) mass is 277 g/mol. The van der Waals surface area contributed by atoms with Crippen LogP contribution in [0.1, 0.15) is 30.9 Å². The molecule has 2 atom stereocenters. The summed E-state index contributed by atoms with van der Waals surface area (Å²) in [5.41, 5.74) is 8.54. The van der Waals surface area contributed by atoms with E-state index >= 15 is 0 Å². The molecule has 4 heteroatoms. The van der Waals surface area contributed by atoms with Crippen molar-refractivity contribution in [1.29, 1.82) is 0 Å². The van der Waals surface area contributed by atoms with Crippen molar-refractivity contribution in [2.75, 3.05) is 14.2 Å². The fraction of sp³-hybridized carbons (Fsp3) is 0.562. The zero-order valence-corrected chi connectivity index (χ0v) is 12.4. The highest BCUT2D eigenvalue weighted by atomic mass is 16.5. The summed E-state index contributed by atoms with van der Waals surface area (Å²) in [6.45, 7) is 1.98. The zero-order chi connectivity index (χ0) is 14.8. The number of nitrogens with two attached hydrogens (primary N) is 1. The Morgan fingerprint density at radius 3 is 2.75 bits per heavy atom. The van der Waals surface area contributed by atoms with Gasteiger partial charge in [-0.3, -0.25) is 4.79 Å². The van der Waals surface area contributed by atoms with Crippen LogP contribution in [0.4, 0.5) is 0 Å². The highest BCUT2D eigenvalue weighted by Crippen LogP contribution is 2.41. The van der Waals surface area contributed by atoms with E-state index < -0.39 is 0 Å². The fourth-order valence-corrected chi connectivity index (χ4v) is 3.05. The highest BCUT2D eigenvalue weighted by molar-refractivity contribution is 5.70. The number of ether oxygens (including phenoxy) is 2. The van der Waals surface area contributed by atoms with Gasteiger partial charge in [0, 0.05) is 6.04 Å². The van der Waals surface area contributed by atoms with E-state index in [9.17, 15) is 4.79 Å². The topological polar surface area (TPSA) is 61.5 Å². The van der Waals surface area contributed by atoms with Crippen LogP contribution in [0.25, 0.3) is 0 Å². The Morgan fingerprint density at radius 2 is 2.15 bits per heavy atom. The van der Waals surface area contributed by atoms with Crippen molar-refractivity contribution in [3.05, 3.63) is 29.3 Å². The third kappa shape index (κ3) is 2.80. The molecule has 0 fully saturated rings. The van der Waals surface area contributed by atoms with Crippen LogP contribution < -0.4 is 10.5 Å². The maximum Gasteiger partial charge on any atom is 0.306 e. The summed E-state index contributed by atoms with van der Waals surface area (Å²) in [6, 6.07) is 6.10. The molecular weight excluding hydrogens is 254 g/mol. The minimum absolute atomic E-state index is 0.0547. The number of carbonyl (C=O) groups is 1. The van der Waals surface area contributed by atoms with E-state index in [0.717, 1.165) is 25.0 Å². The number of hydrogen-bond acceptors (Lipinski definition) is 4. The molecule has 1 aliphatic rings. The van der Waals surface area contributed by atoms with E-state index in [1.807, 2.05) is 13.0 Å². The normalized spacial score (nSPS) is 22.8. The van der Waals surface area contributed by atoms with Gasteiger partial charge in [-0.25, -0.2) is 0 Å². The Labute approximate surface area is 120 Å². The lowest BCUT2D eigenvalue weighted by Gasteiger charge is -2.40. The predicted molar refractivity (Wildman–Crippen MR) is 77.7 cm³/mol. The number of methoxy groups -OCH3 is 2. The number of rotatable bonds is 4. The van der Waals surface area contributed by atoms with Crippen LogP contribution in [-0.4, -0.2) is 26.2 Å². The SMILES string of the molecule is COC(=O)CC1(C(C)N)CCc2ccc(OC)cc2C1. The van der Waals surface area contributed by atoms with Gasteiger partial charge in [0.25, 0.3) is 0 Å². The molecule has 1 aliphatic carbocycles. The summed E-state index contributed by atoms with van der Waals surface area (Å²) in [5, 5.41) is 0. The van der Waals surface area contributed by atoms with Crippen molar-refractivity contribution in [3.8, 4) is 5.75 Å². The molecule has 0 amide bonds. The van der Waals surface area contributed by atoms with Gasteiger partial charge < -0.3 is 15.2 Å². The fourth-order valence-electron chi connectivity index (χ4n) is 3.05. The van der Waals surface area contributed by atoms with Crippen LogP contribution in [0.2, 0.25) is 0 Å². The van der Waals surface area contributed by atoms with Gasteiger partial charge >= 0.3 is 5.97 Å². The van der Waals surface area contributed by atoms with Crippen LogP contribution in [0.15, 0.2) is 18.2 Å². The molecule has 0 aromatic heterocycles. The second-order valence-electron chi connectivity index (χ2n) is 5.72. The number of aryl methyl sites for hydroxylation is 1. The lowest BCUT2D eigenvalue weighted by Crippen LogP contribution is -2.45. The van der Waals surface area contributed by atoms with Gasteiger partial charge in [-0.05, 0) is 54.9 Å². The predicted octanol–water partition coefficient (Wildman–Crippen LogP) is 2.08. The quantitative estimate of drug-likeness (QED) is 0.856. The largest absolute Gasteiger partial charge is 0.497 e. The summed E-state index contributed by atoms with van der Waals surface area (Å²) in [4.78, 5) is 11.7. The lowest BCUT2D eigenvalue weighted by atomic mass is 9.66. The number of hydrogen-bond donors (Lipinski definition) is 1. The summed E-state index contributed by atoms with van der Waals surface area (Å²) in [5.74, 6) is 0.663. The van der Waals surface area contributed by atoms with Crippen LogP contribution >= 0.6 is 0 Å². The number of esters is 1. The van der Waals surface area contributed by atoms with Gasteiger partial charge in [-0.2, -0.15) is 0 Å². The molecule has 0 saturated carbocycles. The summed E-state index contributed by atoms with van der Waals surface area (Å²) in [6.07, 6.45) is 3.03. The molecule has 2 unspecified atom stereocenters. The van der Waals surface area contributed by atoms with E-state index in [-0.39, 0.29) is 17.4 Å². The van der Waals surface area contributed by atoms with Crippen LogP contribution in [0, 0.1) is 5.41 Å². The molecule has 0 radical (unpaired) electrons. The van der Waals surface area contributed by atoms with Crippen molar-refractivity contribution in [2.24, 2.45) is 11.1 Å². The molecule has 20 heavy (non-hydrogen) atoms. The van der Waals surface area contributed by atoms with Crippen LogP contribution in [0.5, 0.6) is 5.75 Å². The first kappa shape index (κ1) is 14.9. The maximum absolute atomic E-state index is 11.7. The minimum Gasteiger partial charge on any atom is -0.497 e. The molecule has 0 aliphatic heterocycles. The molecule has 2 rings (SSSR count). The third-order valence-electron chi connectivity index (χ3n) is 4.54. The van der Waals surface area contributed by atoms with E-state index in [1.165, 1.54) is 18.2 Å². The summed E-state index contributed by atoms with van der Waals surface area (Å²) >= 11 is 0. The third-order valence-corrected chi connectivity index (χ3v) is 4.54. The molecule has 2 N–H and O–H groups in total. The van der Waals surface area contributed by atoms with Crippen molar-refractivity contribution >= 4 is 5.97 Å². The second kappa shape index (κ2) is 5.83. The Balaban J connectivity index is 2.31.